The number of anilines is 3. The van der Waals surface area contributed by atoms with E-state index in [1.807, 2.05) is 18.2 Å². The highest BCUT2D eigenvalue weighted by Crippen LogP contribution is 2.32. The van der Waals surface area contributed by atoms with E-state index in [1.54, 1.807) is 12.3 Å². The number of nitrogens with one attached hydrogen (secondary N) is 1. The lowest BCUT2D eigenvalue weighted by Crippen LogP contribution is -2.29. The Morgan fingerprint density at radius 3 is 2.56 bits per heavy atom. The van der Waals surface area contributed by atoms with Gasteiger partial charge in [0.25, 0.3) is 5.91 Å². The fourth-order valence-corrected chi connectivity index (χ4v) is 4.27. The molecule has 1 fully saturated rings. The third kappa shape index (κ3) is 4.07. The van der Waals surface area contributed by atoms with Gasteiger partial charge in [-0.2, -0.15) is 0 Å². The van der Waals surface area contributed by atoms with E-state index in [-0.39, 0.29) is 5.91 Å². The quantitative estimate of drug-likeness (QED) is 0.655. The average molecular weight is 426 g/mol. The Balaban J connectivity index is 1.46. The number of benzene rings is 1. The van der Waals surface area contributed by atoms with Crippen LogP contribution in [-0.4, -0.2) is 40.9 Å². The van der Waals surface area contributed by atoms with Gasteiger partial charge in [0.2, 0.25) is 0 Å². The number of hydrogen-bond donors (Lipinski definition) is 2. The molecule has 1 amide bonds. The Morgan fingerprint density at radius 1 is 1.06 bits per heavy atom. The highest BCUT2D eigenvalue weighted by atomic mass is 16.1. The lowest BCUT2D eigenvalue weighted by Gasteiger charge is -2.29. The van der Waals surface area contributed by atoms with Crippen LogP contribution in [0.1, 0.15) is 40.2 Å². The zero-order valence-corrected chi connectivity index (χ0v) is 18.0. The van der Waals surface area contributed by atoms with Gasteiger partial charge in [0.05, 0.1) is 28.8 Å². The van der Waals surface area contributed by atoms with Crippen LogP contribution >= 0.6 is 0 Å². The van der Waals surface area contributed by atoms with Gasteiger partial charge in [0.1, 0.15) is 5.82 Å². The van der Waals surface area contributed by atoms with Crippen molar-refractivity contribution in [2.24, 2.45) is 0 Å². The third-order valence-electron chi connectivity index (χ3n) is 6.12. The number of nitrogens with two attached hydrogens (primary N) is 1. The summed E-state index contributed by atoms with van der Waals surface area (Å²) in [5, 5.41) is 7.27. The number of nitrogen functional groups attached to an aromatic ring is 1. The molecular weight excluding hydrogens is 400 g/mol. The first-order valence-electron chi connectivity index (χ1n) is 10.8. The topological polar surface area (TPSA) is 98.2 Å². The smallest absolute Gasteiger partial charge is 0.281 e. The molecule has 2 aromatic heterocycles. The van der Waals surface area contributed by atoms with Crippen LogP contribution < -0.4 is 16.4 Å². The van der Waals surface area contributed by atoms with Crippen molar-refractivity contribution in [3.8, 4) is 11.4 Å². The molecule has 1 radical (unpaired) electrons. The van der Waals surface area contributed by atoms with Gasteiger partial charge in [0, 0.05) is 11.9 Å². The minimum Gasteiger partial charge on any atom is -0.397 e. The van der Waals surface area contributed by atoms with E-state index in [9.17, 15) is 4.79 Å². The first-order valence-corrected chi connectivity index (χ1v) is 10.8. The summed E-state index contributed by atoms with van der Waals surface area (Å²) in [7, 11) is 2.17. The van der Waals surface area contributed by atoms with Crippen LogP contribution in [0.2, 0.25) is 0 Å². The maximum atomic E-state index is 12.5. The highest BCUT2D eigenvalue weighted by molar-refractivity contribution is 6.05. The van der Waals surface area contributed by atoms with Gasteiger partial charge in [-0.3, -0.25) is 9.78 Å². The van der Waals surface area contributed by atoms with Crippen molar-refractivity contribution in [2.45, 2.75) is 18.8 Å². The van der Waals surface area contributed by atoms with E-state index in [2.05, 4.69) is 51.8 Å². The van der Waals surface area contributed by atoms with Gasteiger partial charge in [0.15, 0.2) is 0 Å². The number of fused-ring (bicyclic) bond motifs is 1. The SMILES string of the molecule is CN1CCC(c2ccc(Nc3nc(-c4ccc(N)cn4)cc4c3C(=O)[N]C=C4)cc2)CC1. The van der Waals surface area contributed by atoms with Crippen molar-refractivity contribution < 1.29 is 4.79 Å². The van der Waals surface area contributed by atoms with Crippen LogP contribution in [-0.2, 0) is 0 Å². The number of hydrogen-bond acceptors (Lipinski definition) is 6. The molecule has 4 heterocycles. The Kier molecular flexibility index (Phi) is 5.33. The highest BCUT2D eigenvalue weighted by Gasteiger charge is 2.23. The van der Waals surface area contributed by atoms with E-state index in [0.29, 0.717) is 34.4 Å². The summed E-state index contributed by atoms with van der Waals surface area (Å²) in [5.41, 5.74) is 11.2. The Bertz CT molecular complexity index is 1160. The number of rotatable bonds is 4. The van der Waals surface area contributed by atoms with Crippen LogP contribution in [0.15, 0.2) is 54.9 Å². The lowest BCUT2D eigenvalue weighted by molar-refractivity contribution is 0.0965. The van der Waals surface area contributed by atoms with Crippen LogP contribution in [0.25, 0.3) is 17.5 Å². The van der Waals surface area contributed by atoms with Gasteiger partial charge in [-0.05, 0) is 86.4 Å². The van der Waals surface area contributed by atoms with Crippen LogP contribution in [0.4, 0.5) is 17.2 Å². The maximum absolute atomic E-state index is 12.5. The zero-order chi connectivity index (χ0) is 22.1. The maximum Gasteiger partial charge on any atom is 0.281 e. The molecular formula is C25H25N6O. The summed E-state index contributed by atoms with van der Waals surface area (Å²) >= 11 is 0. The summed E-state index contributed by atoms with van der Waals surface area (Å²) in [6.45, 7) is 2.26. The first kappa shape index (κ1) is 20.2. The number of aromatic nitrogens is 2. The molecule has 5 rings (SSSR count). The average Bonchev–Trinajstić information content (AvgIpc) is 2.80. The van der Waals surface area contributed by atoms with Gasteiger partial charge < -0.3 is 16.0 Å². The molecule has 0 bridgehead atoms. The summed E-state index contributed by atoms with van der Waals surface area (Å²) in [4.78, 5) is 24.0. The van der Waals surface area contributed by atoms with Crippen molar-refractivity contribution in [3.63, 3.8) is 0 Å². The van der Waals surface area contributed by atoms with E-state index in [4.69, 9.17) is 10.7 Å². The minimum absolute atomic E-state index is 0.308. The van der Waals surface area contributed by atoms with E-state index in [0.717, 1.165) is 24.3 Å². The molecule has 1 aromatic carbocycles. The third-order valence-corrected chi connectivity index (χ3v) is 6.12. The number of likely N-dealkylation sites (tertiary alicyclic amines) is 1. The molecule has 0 aliphatic carbocycles. The number of nitrogens with zero attached hydrogens (tertiary/aromatic N) is 4. The second kappa shape index (κ2) is 8.43. The Labute approximate surface area is 187 Å². The fraction of sp³-hybridized carbons (Fsp3) is 0.240. The summed E-state index contributed by atoms with van der Waals surface area (Å²) < 4.78 is 0. The van der Waals surface area contributed by atoms with Gasteiger partial charge in [-0.15, -0.1) is 0 Å². The standard InChI is InChI=1S/C25H25N6O/c1-31-12-9-17(10-13-31)16-2-5-20(6-3-16)29-24-23-18(8-11-27-25(23)32)14-22(30-24)21-7-4-19(26)15-28-21/h2-8,11,14-15,17H,9-10,12-13,26H2,1H3,(H,29,30). The molecule has 2 aliphatic heterocycles. The molecule has 161 valence electrons. The van der Waals surface area contributed by atoms with Gasteiger partial charge >= 0.3 is 0 Å². The molecule has 3 aromatic rings. The lowest BCUT2D eigenvalue weighted by atomic mass is 9.89. The number of carbonyl (C=O) groups is 1. The number of piperidine rings is 1. The van der Waals surface area contributed by atoms with Crippen molar-refractivity contribution in [1.82, 2.24) is 20.2 Å². The number of carbonyl (C=O) groups excluding carboxylic acids is 1. The van der Waals surface area contributed by atoms with Gasteiger partial charge in [-0.25, -0.2) is 10.3 Å². The molecule has 2 aliphatic rings. The van der Waals surface area contributed by atoms with Crippen molar-refractivity contribution in [2.75, 3.05) is 31.2 Å². The first-order chi connectivity index (χ1) is 15.6. The van der Waals surface area contributed by atoms with Crippen LogP contribution in [0, 0.1) is 0 Å². The Hall–Kier alpha value is -3.71. The van der Waals surface area contributed by atoms with E-state index >= 15 is 0 Å². The van der Waals surface area contributed by atoms with E-state index < -0.39 is 0 Å². The minimum atomic E-state index is -0.308. The van der Waals surface area contributed by atoms with Crippen molar-refractivity contribution >= 4 is 29.2 Å². The van der Waals surface area contributed by atoms with Crippen molar-refractivity contribution in [1.29, 1.82) is 0 Å². The second-order valence-electron chi connectivity index (χ2n) is 8.37. The zero-order valence-electron chi connectivity index (χ0n) is 18.0. The van der Waals surface area contributed by atoms with Crippen LogP contribution in [0.3, 0.4) is 0 Å². The fourth-order valence-electron chi connectivity index (χ4n) is 4.27. The molecule has 0 spiro atoms. The molecule has 7 nitrogen and oxygen atoms in total. The van der Waals surface area contributed by atoms with Gasteiger partial charge in [-0.1, -0.05) is 12.1 Å². The number of pyridine rings is 2. The molecule has 7 heteroatoms. The second-order valence-corrected chi connectivity index (χ2v) is 8.37. The summed E-state index contributed by atoms with van der Waals surface area (Å²) in [5.74, 6) is 0.759. The largest absolute Gasteiger partial charge is 0.397 e. The number of amides is 1. The summed E-state index contributed by atoms with van der Waals surface area (Å²) in [6.07, 6.45) is 7.29. The Morgan fingerprint density at radius 2 is 1.84 bits per heavy atom. The predicted molar refractivity (Wildman–Crippen MR) is 127 cm³/mol. The monoisotopic (exact) mass is 425 g/mol. The molecule has 0 saturated carbocycles. The predicted octanol–water partition coefficient (Wildman–Crippen LogP) is 4.01. The van der Waals surface area contributed by atoms with Crippen molar-refractivity contribution in [3.05, 3.63) is 71.6 Å². The normalized spacial score (nSPS) is 16.5. The van der Waals surface area contributed by atoms with E-state index in [1.165, 1.54) is 24.6 Å². The molecule has 0 unspecified atom stereocenters. The molecule has 3 N–H and O–H groups in total. The molecule has 0 atom stereocenters. The summed E-state index contributed by atoms with van der Waals surface area (Å²) in [6, 6.07) is 13.9. The van der Waals surface area contributed by atoms with Crippen LogP contribution in [0.5, 0.6) is 0 Å². The molecule has 1 saturated heterocycles. The molecule has 32 heavy (non-hydrogen) atoms.